The van der Waals surface area contributed by atoms with Crippen LogP contribution in [0.25, 0.3) is 0 Å². The van der Waals surface area contributed by atoms with Gasteiger partial charge in [-0.15, -0.1) is 5.11 Å². The third-order valence-electron chi connectivity index (χ3n) is 5.29. The summed E-state index contributed by atoms with van der Waals surface area (Å²) < 4.78 is 64.1. The van der Waals surface area contributed by atoms with E-state index in [1.54, 1.807) is 0 Å². The summed E-state index contributed by atoms with van der Waals surface area (Å²) in [7, 11) is -8.95. The SMILES string of the molecule is Cc1c(N=Nc2ccc(S(=O)(=O)O)c(N)c2)c(O)n(CCc2ccc(S(=O)(=O)O)cc2)c(=O)c1C(N)=O. The molecule has 0 atom stereocenters. The average Bonchev–Trinajstić information content (AvgIpc) is 2.77. The van der Waals surface area contributed by atoms with Crippen LogP contribution in [-0.4, -0.2) is 41.5 Å². The van der Waals surface area contributed by atoms with Crippen LogP contribution in [0.2, 0.25) is 0 Å². The van der Waals surface area contributed by atoms with E-state index in [1.165, 1.54) is 25.1 Å². The lowest BCUT2D eigenvalue weighted by atomic mass is 10.1. The van der Waals surface area contributed by atoms with Crippen LogP contribution in [0.4, 0.5) is 17.1 Å². The van der Waals surface area contributed by atoms with Gasteiger partial charge in [-0.3, -0.25) is 23.3 Å². The number of amides is 1. The van der Waals surface area contributed by atoms with Crippen molar-refractivity contribution >= 4 is 43.2 Å². The van der Waals surface area contributed by atoms with E-state index in [1.807, 2.05) is 0 Å². The Balaban J connectivity index is 2.02. The van der Waals surface area contributed by atoms with Crippen molar-refractivity contribution in [3.63, 3.8) is 0 Å². The van der Waals surface area contributed by atoms with E-state index in [4.69, 9.17) is 20.6 Å². The summed E-state index contributed by atoms with van der Waals surface area (Å²) in [5, 5.41) is 18.5. The second-order valence-electron chi connectivity index (χ2n) is 7.76. The number of aryl methyl sites for hydroxylation is 1. The molecule has 14 nitrogen and oxygen atoms in total. The summed E-state index contributed by atoms with van der Waals surface area (Å²) in [6.45, 7) is 1.15. The number of carbonyl (C=O) groups excluding carboxylic acids is 1. The van der Waals surface area contributed by atoms with Gasteiger partial charge < -0.3 is 16.6 Å². The lowest BCUT2D eigenvalue weighted by Gasteiger charge is -2.14. The van der Waals surface area contributed by atoms with Gasteiger partial charge in [0.2, 0.25) is 5.88 Å². The van der Waals surface area contributed by atoms with Crippen molar-refractivity contribution in [1.82, 2.24) is 4.57 Å². The Morgan fingerprint density at radius 2 is 1.62 bits per heavy atom. The lowest BCUT2D eigenvalue weighted by molar-refractivity contribution is 0.0997. The molecular formula is C21H21N5O9S2. The van der Waals surface area contributed by atoms with Crippen LogP contribution in [-0.2, 0) is 33.2 Å². The van der Waals surface area contributed by atoms with Crippen molar-refractivity contribution in [1.29, 1.82) is 0 Å². The molecule has 196 valence electrons. The number of anilines is 1. The molecule has 0 fully saturated rings. The quantitative estimate of drug-likeness (QED) is 0.154. The van der Waals surface area contributed by atoms with E-state index >= 15 is 0 Å². The molecule has 3 rings (SSSR count). The third-order valence-corrected chi connectivity index (χ3v) is 7.08. The number of rotatable bonds is 8. The van der Waals surface area contributed by atoms with Gasteiger partial charge in [0.15, 0.2) is 0 Å². The fourth-order valence-corrected chi connectivity index (χ4v) is 4.51. The molecule has 16 heteroatoms. The van der Waals surface area contributed by atoms with Gasteiger partial charge in [-0.05, 0) is 49.2 Å². The number of azo groups is 1. The number of hydrogen-bond acceptors (Lipinski definition) is 10. The van der Waals surface area contributed by atoms with Crippen molar-refractivity contribution in [3.8, 4) is 5.88 Å². The normalized spacial score (nSPS) is 12.2. The van der Waals surface area contributed by atoms with Gasteiger partial charge in [0.1, 0.15) is 16.1 Å². The molecule has 0 bridgehead atoms. The molecule has 0 spiro atoms. The summed E-state index contributed by atoms with van der Waals surface area (Å²) in [4.78, 5) is 24.0. The monoisotopic (exact) mass is 551 g/mol. The summed E-state index contributed by atoms with van der Waals surface area (Å²) >= 11 is 0. The van der Waals surface area contributed by atoms with E-state index in [9.17, 15) is 31.5 Å². The fourth-order valence-electron chi connectivity index (χ4n) is 3.43. The summed E-state index contributed by atoms with van der Waals surface area (Å²) in [6.07, 6.45) is 0.102. The highest BCUT2D eigenvalue weighted by molar-refractivity contribution is 7.86. The van der Waals surface area contributed by atoms with Crippen LogP contribution in [0, 0.1) is 6.92 Å². The van der Waals surface area contributed by atoms with E-state index in [-0.39, 0.29) is 40.5 Å². The van der Waals surface area contributed by atoms with Gasteiger partial charge >= 0.3 is 0 Å². The number of nitrogens with two attached hydrogens (primary N) is 2. The first-order valence-corrected chi connectivity index (χ1v) is 13.1. The Kier molecular flexibility index (Phi) is 7.49. The first-order chi connectivity index (χ1) is 17.1. The molecule has 1 aromatic heterocycles. The zero-order valence-electron chi connectivity index (χ0n) is 19.1. The topological polar surface area (TPSA) is 245 Å². The van der Waals surface area contributed by atoms with E-state index in [0.717, 1.165) is 28.8 Å². The first kappa shape index (κ1) is 27.5. The van der Waals surface area contributed by atoms with Crippen molar-refractivity contribution in [3.05, 3.63) is 69.5 Å². The zero-order chi connectivity index (χ0) is 27.7. The molecule has 0 aliphatic carbocycles. The van der Waals surface area contributed by atoms with Crippen LogP contribution in [0.1, 0.15) is 21.5 Å². The number of carbonyl (C=O) groups is 1. The molecule has 0 saturated carbocycles. The third kappa shape index (κ3) is 6.00. The predicted octanol–water partition coefficient (Wildman–Crippen LogP) is 1.69. The van der Waals surface area contributed by atoms with Gasteiger partial charge in [-0.25, -0.2) is 0 Å². The Morgan fingerprint density at radius 1 is 1.00 bits per heavy atom. The Bertz CT molecular complexity index is 1700. The molecule has 0 aliphatic heterocycles. The second kappa shape index (κ2) is 10.1. The maximum Gasteiger partial charge on any atom is 0.296 e. The van der Waals surface area contributed by atoms with Gasteiger partial charge in [0.25, 0.3) is 31.7 Å². The lowest BCUT2D eigenvalue weighted by Crippen LogP contribution is -2.31. The molecule has 0 radical (unpaired) electrons. The zero-order valence-corrected chi connectivity index (χ0v) is 20.7. The van der Waals surface area contributed by atoms with E-state index in [2.05, 4.69) is 10.2 Å². The smallest absolute Gasteiger partial charge is 0.296 e. The predicted molar refractivity (Wildman–Crippen MR) is 130 cm³/mol. The van der Waals surface area contributed by atoms with E-state index < -0.39 is 48.0 Å². The molecule has 0 aliphatic rings. The number of nitrogen functional groups attached to an aromatic ring is 1. The largest absolute Gasteiger partial charge is 0.493 e. The maximum atomic E-state index is 12.9. The highest BCUT2D eigenvalue weighted by Crippen LogP contribution is 2.33. The molecule has 1 amide bonds. The summed E-state index contributed by atoms with van der Waals surface area (Å²) in [6, 6.07) is 8.39. The Labute approximate surface area is 210 Å². The number of primary amides is 1. The molecule has 7 N–H and O–H groups in total. The molecule has 2 aromatic carbocycles. The van der Waals surface area contributed by atoms with Gasteiger partial charge in [0, 0.05) is 12.1 Å². The number of aromatic hydroxyl groups is 1. The molecule has 3 aromatic rings. The van der Waals surface area contributed by atoms with Crippen molar-refractivity contribution in [2.75, 3.05) is 5.73 Å². The van der Waals surface area contributed by atoms with Crippen molar-refractivity contribution in [2.45, 2.75) is 29.7 Å². The number of pyridine rings is 1. The number of hydrogen-bond donors (Lipinski definition) is 5. The number of benzene rings is 2. The van der Waals surface area contributed by atoms with Crippen LogP contribution in [0.5, 0.6) is 5.88 Å². The van der Waals surface area contributed by atoms with Crippen LogP contribution < -0.4 is 17.0 Å². The van der Waals surface area contributed by atoms with Gasteiger partial charge in [-0.2, -0.15) is 21.9 Å². The highest BCUT2D eigenvalue weighted by atomic mass is 32.2. The molecule has 37 heavy (non-hydrogen) atoms. The van der Waals surface area contributed by atoms with E-state index in [0.29, 0.717) is 5.56 Å². The van der Waals surface area contributed by atoms with Crippen LogP contribution >= 0.6 is 0 Å². The summed E-state index contributed by atoms with van der Waals surface area (Å²) in [5.41, 5.74) is 9.58. The highest BCUT2D eigenvalue weighted by Gasteiger charge is 2.23. The van der Waals surface area contributed by atoms with Crippen LogP contribution in [0.15, 0.2) is 67.3 Å². The fraction of sp³-hybridized carbons (Fsp3) is 0.143. The minimum atomic E-state index is -4.56. The average molecular weight is 552 g/mol. The van der Waals surface area contributed by atoms with Gasteiger partial charge in [0.05, 0.1) is 16.3 Å². The maximum absolute atomic E-state index is 12.9. The molecular weight excluding hydrogens is 530 g/mol. The van der Waals surface area contributed by atoms with Crippen molar-refractivity contribution < 1.29 is 35.8 Å². The van der Waals surface area contributed by atoms with Crippen molar-refractivity contribution in [2.24, 2.45) is 16.0 Å². The Hall–Kier alpha value is -4.12. The second-order valence-corrected chi connectivity index (χ2v) is 10.6. The summed E-state index contributed by atoms with van der Waals surface area (Å²) in [5.74, 6) is -1.72. The number of nitrogens with zero attached hydrogens (tertiary/aromatic N) is 3. The van der Waals surface area contributed by atoms with Gasteiger partial charge in [-0.1, -0.05) is 12.1 Å². The number of aromatic nitrogens is 1. The Morgan fingerprint density at radius 3 is 2.14 bits per heavy atom. The first-order valence-electron chi connectivity index (χ1n) is 10.2. The molecule has 1 heterocycles. The molecule has 0 saturated heterocycles. The standard InChI is InChI=1S/C21H21N5O9S2/c1-11-17(19(23)27)20(28)26(9-8-12-2-5-14(6-3-12)36(30,31)32)21(29)18(11)25-24-13-4-7-16(15(22)10-13)37(33,34)35/h2-7,10,29H,8-9,22H2,1H3,(H2,23,27)(H,30,31,32)(H,33,34,35). The minimum Gasteiger partial charge on any atom is -0.493 e. The van der Waals surface area contributed by atoms with Crippen LogP contribution in [0.3, 0.4) is 0 Å². The molecule has 0 unspecified atom stereocenters. The minimum absolute atomic E-state index is 0.0287.